The van der Waals surface area contributed by atoms with E-state index in [2.05, 4.69) is 5.32 Å². The third-order valence-corrected chi connectivity index (χ3v) is 4.91. The maximum absolute atomic E-state index is 13.3. The third-order valence-electron chi connectivity index (χ3n) is 4.91. The number of benzene rings is 2. The quantitative estimate of drug-likeness (QED) is 0.831. The molecule has 0 aromatic heterocycles. The average molecular weight is 380 g/mol. The van der Waals surface area contributed by atoms with Crippen molar-refractivity contribution in [3.63, 3.8) is 0 Å². The molecule has 148 valence electrons. The van der Waals surface area contributed by atoms with Crippen molar-refractivity contribution < 1.29 is 9.59 Å². The van der Waals surface area contributed by atoms with Crippen LogP contribution in [0.1, 0.15) is 15.9 Å². The van der Waals surface area contributed by atoms with E-state index in [4.69, 9.17) is 0 Å². The molecule has 1 aliphatic rings. The molecule has 6 nitrogen and oxygen atoms in total. The zero-order chi connectivity index (χ0) is 19.9. The second-order valence-electron chi connectivity index (χ2n) is 7.22. The van der Waals surface area contributed by atoms with Crippen LogP contribution in [0, 0.1) is 0 Å². The summed E-state index contributed by atoms with van der Waals surface area (Å²) >= 11 is 0. The van der Waals surface area contributed by atoms with Crippen LogP contribution in [-0.4, -0.2) is 68.4 Å². The SMILES string of the molecule is CN(C)c1cccc(C(=O)N(CC(=O)N2CCNCC2)Cc2ccccc2)c1. The lowest BCUT2D eigenvalue weighted by Gasteiger charge is -2.30. The second kappa shape index (κ2) is 9.37. The van der Waals surface area contributed by atoms with Crippen LogP contribution in [0.2, 0.25) is 0 Å². The smallest absolute Gasteiger partial charge is 0.254 e. The molecule has 0 radical (unpaired) electrons. The Morgan fingerprint density at radius 1 is 1.00 bits per heavy atom. The molecule has 0 spiro atoms. The maximum Gasteiger partial charge on any atom is 0.254 e. The molecule has 2 amide bonds. The van der Waals surface area contributed by atoms with Crippen LogP contribution in [0.25, 0.3) is 0 Å². The summed E-state index contributed by atoms with van der Waals surface area (Å²) in [4.78, 5) is 31.5. The summed E-state index contributed by atoms with van der Waals surface area (Å²) in [6.07, 6.45) is 0. The lowest BCUT2D eigenvalue weighted by atomic mass is 10.1. The molecule has 1 saturated heterocycles. The van der Waals surface area contributed by atoms with E-state index >= 15 is 0 Å². The largest absolute Gasteiger partial charge is 0.378 e. The van der Waals surface area contributed by atoms with Crippen LogP contribution < -0.4 is 10.2 Å². The van der Waals surface area contributed by atoms with Gasteiger partial charge in [0.1, 0.15) is 6.54 Å². The molecule has 28 heavy (non-hydrogen) atoms. The zero-order valence-corrected chi connectivity index (χ0v) is 16.6. The van der Waals surface area contributed by atoms with Gasteiger partial charge in [-0.3, -0.25) is 9.59 Å². The minimum atomic E-state index is -0.129. The minimum absolute atomic E-state index is 0.00505. The predicted molar refractivity (Wildman–Crippen MR) is 111 cm³/mol. The highest BCUT2D eigenvalue weighted by Gasteiger charge is 2.23. The van der Waals surface area contributed by atoms with Gasteiger partial charge >= 0.3 is 0 Å². The molecular weight excluding hydrogens is 352 g/mol. The molecule has 1 fully saturated rings. The van der Waals surface area contributed by atoms with Crippen molar-refractivity contribution in [3.05, 3.63) is 65.7 Å². The van der Waals surface area contributed by atoms with Gasteiger partial charge in [0.05, 0.1) is 0 Å². The fourth-order valence-corrected chi connectivity index (χ4v) is 3.28. The number of carbonyl (C=O) groups is 2. The van der Waals surface area contributed by atoms with Crippen LogP contribution in [0.3, 0.4) is 0 Å². The minimum Gasteiger partial charge on any atom is -0.378 e. The lowest BCUT2D eigenvalue weighted by Crippen LogP contribution is -2.50. The molecule has 2 aromatic rings. The van der Waals surface area contributed by atoms with Crippen molar-refractivity contribution in [3.8, 4) is 0 Å². The summed E-state index contributed by atoms with van der Waals surface area (Å²) in [5.74, 6) is -0.134. The highest BCUT2D eigenvalue weighted by Crippen LogP contribution is 2.17. The van der Waals surface area contributed by atoms with Crippen molar-refractivity contribution in [2.75, 3.05) is 51.7 Å². The van der Waals surface area contributed by atoms with Crippen LogP contribution >= 0.6 is 0 Å². The highest BCUT2D eigenvalue weighted by molar-refractivity contribution is 5.97. The van der Waals surface area contributed by atoms with E-state index in [0.29, 0.717) is 25.2 Å². The number of nitrogens with one attached hydrogen (secondary N) is 1. The molecule has 0 bridgehead atoms. The molecule has 0 aliphatic carbocycles. The van der Waals surface area contributed by atoms with E-state index in [1.54, 1.807) is 4.90 Å². The summed E-state index contributed by atoms with van der Waals surface area (Å²) < 4.78 is 0. The molecule has 3 rings (SSSR count). The fraction of sp³-hybridized carbons (Fsp3) is 0.364. The van der Waals surface area contributed by atoms with Gasteiger partial charge in [-0.25, -0.2) is 0 Å². The number of nitrogens with zero attached hydrogens (tertiary/aromatic N) is 3. The first kappa shape index (κ1) is 19.9. The van der Waals surface area contributed by atoms with Crippen LogP contribution in [0.15, 0.2) is 54.6 Å². The molecule has 6 heteroatoms. The first-order valence-electron chi connectivity index (χ1n) is 9.63. The summed E-state index contributed by atoms with van der Waals surface area (Å²) in [7, 11) is 3.89. The number of anilines is 1. The number of carbonyl (C=O) groups excluding carboxylic acids is 2. The lowest BCUT2D eigenvalue weighted by molar-refractivity contribution is -0.132. The third kappa shape index (κ3) is 5.10. The van der Waals surface area contributed by atoms with E-state index in [1.165, 1.54) is 0 Å². The Labute approximate surface area is 166 Å². The average Bonchev–Trinajstić information content (AvgIpc) is 2.74. The van der Waals surface area contributed by atoms with Gasteiger partial charge in [-0.05, 0) is 23.8 Å². The molecule has 0 saturated carbocycles. The predicted octanol–water partition coefficient (Wildman–Crippen LogP) is 1.83. The van der Waals surface area contributed by atoms with Gasteiger partial charge in [0.15, 0.2) is 0 Å². The van der Waals surface area contributed by atoms with Crippen molar-refractivity contribution in [2.45, 2.75) is 6.54 Å². The van der Waals surface area contributed by atoms with E-state index in [-0.39, 0.29) is 18.4 Å². The first-order valence-corrected chi connectivity index (χ1v) is 9.63. The summed E-state index contributed by atoms with van der Waals surface area (Å²) in [6.45, 7) is 3.45. The maximum atomic E-state index is 13.3. The Morgan fingerprint density at radius 2 is 1.71 bits per heavy atom. The molecule has 0 unspecified atom stereocenters. The topological polar surface area (TPSA) is 55.9 Å². The number of hydrogen-bond donors (Lipinski definition) is 1. The summed E-state index contributed by atoms with van der Waals surface area (Å²) in [6, 6.07) is 17.3. The molecule has 2 aromatic carbocycles. The van der Waals surface area contributed by atoms with Gasteiger partial charge in [0.2, 0.25) is 5.91 Å². The Morgan fingerprint density at radius 3 is 2.39 bits per heavy atom. The van der Waals surface area contributed by atoms with Gasteiger partial charge < -0.3 is 20.0 Å². The molecule has 0 atom stereocenters. The number of amides is 2. The second-order valence-corrected chi connectivity index (χ2v) is 7.22. The Bertz CT molecular complexity index is 801. The number of piperazine rings is 1. The summed E-state index contributed by atoms with van der Waals surface area (Å²) in [5, 5.41) is 3.25. The van der Waals surface area contributed by atoms with Crippen LogP contribution in [-0.2, 0) is 11.3 Å². The Balaban J connectivity index is 1.81. The molecule has 1 heterocycles. The van der Waals surface area contributed by atoms with E-state index in [0.717, 1.165) is 24.3 Å². The number of hydrogen-bond acceptors (Lipinski definition) is 4. The van der Waals surface area contributed by atoms with Crippen LogP contribution in [0.5, 0.6) is 0 Å². The molecule has 1 aliphatic heterocycles. The van der Waals surface area contributed by atoms with Crippen LogP contribution in [0.4, 0.5) is 5.69 Å². The van der Waals surface area contributed by atoms with Gasteiger partial charge in [0.25, 0.3) is 5.91 Å². The molecule has 1 N–H and O–H groups in total. The van der Waals surface area contributed by atoms with Crippen molar-refractivity contribution >= 4 is 17.5 Å². The molecular formula is C22H28N4O2. The normalized spacial score (nSPS) is 13.9. The van der Waals surface area contributed by atoms with Crippen molar-refractivity contribution in [1.82, 2.24) is 15.1 Å². The Hall–Kier alpha value is -2.86. The highest BCUT2D eigenvalue weighted by atomic mass is 16.2. The van der Waals surface area contributed by atoms with Gasteiger partial charge in [0, 0.05) is 58.1 Å². The van der Waals surface area contributed by atoms with Gasteiger partial charge in [-0.1, -0.05) is 36.4 Å². The van der Waals surface area contributed by atoms with E-state index in [1.807, 2.05) is 78.5 Å². The van der Waals surface area contributed by atoms with Gasteiger partial charge in [-0.2, -0.15) is 0 Å². The van der Waals surface area contributed by atoms with Gasteiger partial charge in [-0.15, -0.1) is 0 Å². The van der Waals surface area contributed by atoms with E-state index < -0.39 is 0 Å². The van der Waals surface area contributed by atoms with Crippen molar-refractivity contribution in [1.29, 1.82) is 0 Å². The fourth-order valence-electron chi connectivity index (χ4n) is 3.28. The first-order chi connectivity index (χ1) is 13.5. The zero-order valence-electron chi connectivity index (χ0n) is 16.6. The Kier molecular flexibility index (Phi) is 6.66. The van der Waals surface area contributed by atoms with E-state index in [9.17, 15) is 9.59 Å². The monoisotopic (exact) mass is 380 g/mol. The van der Waals surface area contributed by atoms with Crippen molar-refractivity contribution in [2.24, 2.45) is 0 Å². The summed E-state index contributed by atoms with van der Waals surface area (Å²) in [5.41, 5.74) is 2.56. The number of rotatable bonds is 6. The standard InChI is InChI=1S/C22H28N4O2/c1-24(2)20-10-6-9-19(15-20)22(28)26(16-18-7-4-3-5-8-18)17-21(27)25-13-11-23-12-14-25/h3-10,15,23H,11-14,16-17H2,1-2H3.